The number of benzene rings is 2. The van der Waals surface area contributed by atoms with E-state index in [1.54, 1.807) is 48.3 Å². The smallest absolute Gasteiger partial charge is 0.261 e. The number of thiazole rings is 1. The first-order chi connectivity index (χ1) is 21.0. The molecule has 6 rings (SSSR count). The zero-order valence-electron chi connectivity index (χ0n) is 23.3. The van der Waals surface area contributed by atoms with E-state index in [-0.39, 0.29) is 34.4 Å². The first kappa shape index (κ1) is 30.4. The number of nitrogens with zero attached hydrogens (tertiary/aromatic N) is 4. The van der Waals surface area contributed by atoms with Crippen molar-refractivity contribution in [3.05, 3.63) is 70.3 Å². The molecular formula is C29H32N6O6S2. The lowest BCUT2D eigenvalue weighted by Crippen LogP contribution is -2.36. The second-order valence-electron chi connectivity index (χ2n) is 9.48. The third-order valence-electron chi connectivity index (χ3n) is 6.70. The molecule has 3 aromatic rings. The van der Waals surface area contributed by atoms with Gasteiger partial charge in [-0.15, -0.1) is 23.1 Å². The summed E-state index contributed by atoms with van der Waals surface area (Å²) in [7, 11) is 0. The van der Waals surface area contributed by atoms with Gasteiger partial charge in [0.2, 0.25) is 0 Å². The Labute approximate surface area is 257 Å². The Kier molecular flexibility index (Phi) is 10.5. The van der Waals surface area contributed by atoms with Gasteiger partial charge in [-0.05, 0) is 24.3 Å². The summed E-state index contributed by atoms with van der Waals surface area (Å²) in [6.07, 6.45) is 4.99. The van der Waals surface area contributed by atoms with Gasteiger partial charge in [-0.1, -0.05) is 0 Å². The van der Waals surface area contributed by atoms with Crippen LogP contribution in [0, 0.1) is 0 Å². The van der Waals surface area contributed by atoms with E-state index in [1.807, 2.05) is 12.1 Å². The number of phenols is 2. The standard InChI is InChI=1S/C15H17N3O3S.C14H15N3O3S/c19-13-9-11(18-4-6-21-7-5-18)1-2-12(13)15(20)17-14-10-16-3-8-22-14;18-12-9-10(17-4-6-20-7-5-17)1-2-11(12)13(19)16-14-15-3-8-21-14/h1-3,9-10,19H,4-8H2,(H,17,20);1-3,8-9,18H,4-7H2,(H,15,16,19). The molecule has 0 unspecified atom stereocenters. The van der Waals surface area contributed by atoms with Crippen LogP contribution in [0.5, 0.6) is 11.5 Å². The number of hydrogen-bond acceptors (Lipinski definition) is 12. The number of amides is 2. The lowest BCUT2D eigenvalue weighted by Gasteiger charge is -2.29. The summed E-state index contributed by atoms with van der Waals surface area (Å²) in [5.41, 5.74) is 2.28. The fourth-order valence-electron chi connectivity index (χ4n) is 4.49. The number of aromatic nitrogens is 1. The van der Waals surface area contributed by atoms with Crippen molar-refractivity contribution in [2.75, 3.05) is 73.5 Å². The quantitative estimate of drug-likeness (QED) is 0.321. The van der Waals surface area contributed by atoms with E-state index in [1.165, 1.54) is 23.1 Å². The van der Waals surface area contributed by atoms with Crippen LogP contribution in [0.15, 0.2) is 64.2 Å². The fraction of sp³-hybridized carbons (Fsp3) is 0.310. The predicted molar refractivity (Wildman–Crippen MR) is 169 cm³/mol. The highest BCUT2D eigenvalue weighted by Crippen LogP contribution is 2.28. The highest BCUT2D eigenvalue weighted by atomic mass is 32.2. The van der Waals surface area contributed by atoms with E-state index in [0.717, 1.165) is 43.3 Å². The maximum Gasteiger partial charge on any atom is 0.261 e. The molecule has 2 aromatic carbocycles. The summed E-state index contributed by atoms with van der Waals surface area (Å²) in [5, 5.41) is 28.6. The number of aromatic hydroxyl groups is 2. The first-order valence-corrected chi connectivity index (χ1v) is 15.5. The molecule has 0 radical (unpaired) electrons. The Bertz CT molecular complexity index is 1470. The van der Waals surface area contributed by atoms with Gasteiger partial charge in [0.05, 0.1) is 48.8 Å². The van der Waals surface area contributed by atoms with E-state index >= 15 is 0 Å². The Morgan fingerprint density at radius 2 is 1.37 bits per heavy atom. The second-order valence-corrected chi connectivity index (χ2v) is 11.4. The van der Waals surface area contributed by atoms with Crippen molar-refractivity contribution in [2.45, 2.75) is 0 Å². The van der Waals surface area contributed by atoms with Gasteiger partial charge in [0, 0.05) is 73.2 Å². The molecule has 0 aliphatic carbocycles. The SMILES string of the molecule is O=C(NC1=CN=CCS1)c1ccc(N2CCOCC2)cc1O.O=C(Nc1nccs1)c1ccc(N2CCOCC2)cc1O. The summed E-state index contributed by atoms with van der Waals surface area (Å²) >= 11 is 2.82. The van der Waals surface area contributed by atoms with E-state index in [9.17, 15) is 19.8 Å². The Morgan fingerprint density at radius 1 is 0.814 bits per heavy atom. The molecule has 4 heterocycles. The lowest BCUT2D eigenvalue weighted by molar-refractivity contribution is 0.0964. The van der Waals surface area contributed by atoms with Crippen LogP contribution in [0.3, 0.4) is 0 Å². The van der Waals surface area contributed by atoms with Crippen molar-refractivity contribution >= 4 is 57.6 Å². The second kappa shape index (κ2) is 14.9. The van der Waals surface area contributed by atoms with Gasteiger partial charge >= 0.3 is 0 Å². The maximum atomic E-state index is 12.2. The van der Waals surface area contributed by atoms with Gasteiger partial charge in [-0.3, -0.25) is 19.9 Å². The average molecular weight is 625 g/mol. The molecule has 1 aromatic heterocycles. The largest absolute Gasteiger partial charge is 0.507 e. The van der Waals surface area contributed by atoms with Crippen LogP contribution in [0.2, 0.25) is 0 Å². The Balaban J connectivity index is 0.000000171. The first-order valence-electron chi connectivity index (χ1n) is 13.7. The van der Waals surface area contributed by atoms with Crippen LogP contribution in [-0.4, -0.2) is 91.6 Å². The van der Waals surface area contributed by atoms with E-state index < -0.39 is 0 Å². The van der Waals surface area contributed by atoms with Crippen molar-refractivity contribution in [1.29, 1.82) is 0 Å². The number of morpholine rings is 2. The van der Waals surface area contributed by atoms with Gasteiger partial charge in [-0.2, -0.15) is 0 Å². The number of rotatable bonds is 6. The van der Waals surface area contributed by atoms with Gasteiger partial charge in [0.25, 0.3) is 11.8 Å². The summed E-state index contributed by atoms with van der Waals surface area (Å²) < 4.78 is 10.6. The zero-order chi connectivity index (χ0) is 30.0. The Hall–Kier alpha value is -4.11. The molecule has 12 nitrogen and oxygen atoms in total. The minimum absolute atomic E-state index is 0.0218. The minimum atomic E-state index is -0.365. The zero-order valence-corrected chi connectivity index (χ0v) is 24.9. The Morgan fingerprint density at radius 3 is 1.84 bits per heavy atom. The molecule has 2 fully saturated rings. The van der Waals surface area contributed by atoms with Gasteiger partial charge in [0.1, 0.15) is 11.5 Å². The third kappa shape index (κ3) is 8.26. The van der Waals surface area contributed by atoms with Gasteiger partial charge in [0.15, 0.2) is 5.13 Å². The molecule has 0 spiro atoms. The highest BCUT2D eigenvalue weighted by molar-refractivity contribution is 8.03. The lowest BCUT2D eigenvalue weighted by atomic mass is 10.1. The highest BCUT2D eigenvalue weighted by Gasteiger charge is 2.18. The summed E-state index contributed by atoms with van der Waals surface area (Å²) in [5.74, 6) is -0.0223. The molecule has 0 bridgehead atoms. The molecule has 14 heteroatoms. The summed E-state index contributed by atoms with van der Waals surface area (Å²) in [6.45, 7) is 5.83. The molecule has 3 aliphatic rings. The van der Waals surface area contributed by atoms with Gasteiger partial charge in [-0.25, -0.2) is 4.98 Å². The molecule has 2 saturated heterocycles. The number of thioether (sulfide) groups is 1. The number of nitrogens with one attached hydrogen (secondary N) is 2. The molecule has 0 saturated carbocycles. The van der Waals surface area contributed by atoms with E-state index in [0.29, 0.717) is 36.6 Å². The fourth-order valence-corrected chi connectivity index (χ4v) is 5.65. The normalized spacial score (nSPS) is 16.5. The number of anilines is 3. The van der Waals surface area contributed by atoms with Crippen LogP contribution in [-0.2, 0) is 9.47 Å². The maximum absolute atomic E-state index is 12.2. The van der Waals surface area contributed by atoms with Crippen LogP contribution in [0.1, 0.15) is 20.7 Å². The van der Waals surface area contributed by atoms with Crippen molar-refractivity contribution < 1.29 is 29.3 Å². The monoisotopic (exact) mass is 624 g/mol. The molecule has 2 amide bonds. The summed E-state index contributed by atoms with van der Waals surface area (Å²) in [4.78, 5) is 36.5. The molecule has 0 atom stereocenters. The van der Waals surface area contributed by atoms with Crippen molar-refractivity contribution in [1.82, 2.24) is 10.3 Å². The van der Waals surface area contributed by atoms with Crippen molar-refractivity contribution in [3.63, 3.8) is 0 Å². The number of hydrogen-bond donors (Lipinski definition) is 4. The molecule has 226 valence electrons. The number of phenolic OH excluding ortho intramolecular Hbond substituents is 2. The van der Waals surface area contributed by atoms with E-state index in [2.05, 4.69) is 30.4 Å². The van der Waals surface area contributed by atoms with Crippen LogP contribution < -0.4 is 20.4 Å². The third-order valence-corrected chi connectivity index (χ3v) is 8.23. The van der Waals surface area contributed by atoms with Crippen molar-refractivity contribution in [3.8, 4) is 11.5 Å². The van der Waals surface area contributed by atoms with Crippen LogP contribution >= 0.6 is 23.1 Å². The topological polar surface area (TPSA) is 149 Å². The minimum Gasteiger partial charge on any atom is -0.507 e. The van der Waals surface area contributed by atoms with Crippen molar-refractivity contribution in [2.24, 2.45) is 4.99 Å². The molecular weight excluding hydrogens is 592 g/mol. The number of carbonyl (C=O) groups excluding carboxylic acids is 2. The van der Waals surface area contributed by atoms with Crippen LogP contribution in [0.4, 0.5) is 16.5 Å². The average Bonchev–Trinajstić information content (AvgIpc) is 3.55. The number of ether oxygens (including phenoxy) is 2. The van der Waals surface area contributed by atoms with Gasteiger partial charge < -0.3 is 34.8 Å². The molecule has 43 heavy (non-hydrogen) atoms. The van der Waals surface area contributed by atoms with Crippen LogP contribution in [0.25, 0.3) is 0 Å². The summed E-state index contributed by atoms with van der Waals surface area (Å²) in [6, 6.07) is 10.2. The molecule has 3 aliphatic heterocycles. The predicted octanol–water partition coefficient (Wildman–Crippen LogP) is 3.51. The van der Waals surface area contributed by atoms with E-state index in [4.69, 9.17) is 9.47 Å². The molecule has 4 N–H and O–H groups in total. The number of aliphatic imine (C=N–C) groups is 1. The number of carbonyl (C=O) groups is 2.